The van der Waals surface area contributed by atoms with Gasteiger partial charge in [-0.1, -0.05) is 0 Å². The average Bonchev–Trinajstić information content (AvgIpc) is 2.28. The second-order valence-corrected chi connectivity index (χ2v) is 4.96. The number of nitrogens with zero attached hydrogens (tertiary/aromatic N) is 2. The van der Waals surface area contributed by atoms with Crippen molar-refractivity contribution >= 4 is 5.78 Å². The molecule has 0 aliphatic carbocycles. The van der Waals surface area contributed by atoms with E-state index in [9.17, 15) is 10.0 Å². The summed E-state index contributed by atoms with van der Waals surface area (Å²) in [4.78, 5) is 11.3. The van der Waals surface area contributed by atoms with Gasteiger partial charge in [0.2, 0.25) is 0 Å². The van der Waals surface area contributed by atoms with Crippen molar-refractivity contribution in [2.24, 2.45) is 0 Å². The number of carbonyl (C=O) groups excluding carboxylic acids is 1. The zero-order chi connectivity index (χ0) is 12.7. The maximum absolute atomic E-state index is 12.0. The molecule has 0 radical (unpaired) electrons. The first-order valence-electron chi connectivity index (χ1n) is 5.06. The van der Waals surface area contributed by atoms with Crippen LogP contribution in [0.1, 0.15) is 34.6 Å². The Morgan fingerprint density at radius 1 is 1.44 bits per heavy atom. The first-order valence-corrected chi connectivity index (χ1v) is 5.06. The van der Waals surface area contributed by atoms with Crippen LogP contribution < -0.4 is 5.32 Å². The fourth-order valence-electron chi connectivity index (χ4n) is 1.99. The Balaban J connectivity index is 3.39. The molecule has 5 nitrogen and oxygen atoms in total. The van der Waals surface area contributed by atoms with E-state index in [2.05, 4.69) is 5.32 Å². The van der Waals surface area contributed by atoms with Crippen LogP contribution in [-0.4, -0.2) is 22.0 Å². The molecule has 0 spiro atoms. The predicted octanol–water partition coefficient (Wildman–Crippen LogP) is 1.27. The largest absolute Gasteiger partial charge is 0.783 e. The summed E-state index contributed by atoms with van der Waals surface area (Å²) in [5.74, 6) is -0.329. The molecule has 1 aliphatic heterocycles. The van der Waals surface area contributed by atoms with Gasteiger partial charge in [0.1, 0.15) is 11.6 Å². The highest BCUT2D eigenvalue weighted by Crippen LogP contribution is 2.37. The number of hydroxylamine groups is 2. The summed E-state index contributed by atoms with van der Waals surface area (Å²) >= 11 is 0. The molecule has 88 valence electrons. The molecular formula is C11H16N3O2-. The molecule has 0 aromatic heterocycles. The van der Waals surface area contributed by atoms with Gasteiger partial charge >= 0.3 is 0 Å². The minimum atomic E-state index is -0.889. The van der Waals surface area contributed by atoms with Gasteiger partial charge in [0, 0.05) is 5.54 Å². The van der Waals surface area contributed by atoms with E-state index in [0.29, 0.717) is 5.70 Å². The van der Waals surface area contributed by atoms with E-state index in [0.717, 1.165) is 5.06 Å². The third-order valence-electron chi connectivity index (χ3n) is 2.77. The van der Waals surface area contributed by atoms with Gasteiger partial charge in [-0.2, -0.15) is 5.26 Å². The summed E-state index contributed by atoms with van der Waals surface area (Å²) in [6.07, 6.45) is 0. The maximum Gasteiger partial charge on any atom is 0.172 e. The van der Waals surface area contributed by atoms with Gasteiger partial charge in [-0.15, -0.1) is 0 Å². The van der Waals surface area contributed by atoms with Crippen molar-refractivity contribution in [3.05, 3.63) is 16.5 Å². The third-order valence-corrected chi connectivity index (χ3v) is 2.77. The number of hydrogen-bond donors (Lipinski definition) is 1. The highest BCUT2D eigenvalue weighted by Gasteiger charge is 2.44. The SMILES string of the molecule is CC(=O)/C(C#N)=C1/NC(C)(C)N([O-])C1(C)C. The van der Waals surface area contributed by atoms with Crippen LogP contribution in [0, 0.1) is 16.5 Å². The fourth-order valence-corrected chi connectivity index (χ4v) is 1.99. The molecule has 0 bridgehead atoms. The minimum Gasteiger partial charge on any atom is -0.783 e. The number of ketones is 1. The van der Waals surface area contributed by atoms with Gasteiger partial charge in [0.15, 0.2) is 5.78 Å². The van der Waals surface area contributed by atoms with E-state index in [4.69, 9.17) is 5.26 Å². The van der Waals surface area contributed by atoms with Crippen molar-refractivity contribution in [1.29, 1.82) is 5.26 Å². The first-order chi connectivity index (χ1) is 7.14. The molecule has 1 saturated heterocycles. The van der Waals surface area contributed by atoms with Crippen molar-refractivity contribution in [3.63, 3.8) is 0 Å². The number of allylic oxidation sites excluding steroid dienone is 1. The number of nitriles is 1. The molecule has 0 unspecified atom stereocenters. The molecule has 16 heavy (non-hydrogen) atoms. The molecule has 0 saturated carbocycles. The lowest BCUT2D eigenvalue weighted by Crippen LogP contribution is -2.47. The van der Waals surface area contributed by atoms with E-state index < -0.39 is 11.2 Å². The third kappa shape index (κ3) is 1.70. The fraction of sp³-hybridized carbons (Fsp3) is 0.636. The lowest BCUT2D eigenvalue weighted by atomic mass is 9.96. The van der Waals surface area contributed by atoms with Gasteiger partial charge in [-0.25, -0.2) is 0 Å². The summed E-state index contributed by atoms with van der Waals surface area (Å²) < 4.78 is 0. The summed E-state index contributed by atoms with van der Waals surface area (Å²) in [7, 11) is 0. The molecule has 0 aromatic carbocycles. The smallest absolute Gasteiger partial charge is 0.172 e. The number of Topliss-reactive ketones (excluding diaryl/α,β-unsaturated/α-hetero) is 1. The van der Waals surface area contributed by atoms with Crippen molar-refractivity contribution in [1.82, 2.24) is 10.4 Å². The van der Waals surface area contributed by atoms with E-state index in [1.165, 1.54) is 6.92 Å². The monoisotopic (exact) mass is 222 g/mol. The van der Waals surface area contributed by atoms with Gasteiger partial charge < -0.3 is 15.6 Å². The Kier molecular flexibility index (Phi) is 2.84. The number of hydrogen-bond acceptors (Lipinski definition) is 5. The van der Waals surface area contributed by atoms with E-state index in [-0.39, 0.29) is 11.4 Å². The standard InChI is InChI=1S/C11H16N3O2/c1-7(15)8(6-12)9-10(2,3)14(16)11(4,5)13-9/h13H,1-5H3/q-1/b9-8+. The topological polar surface area (TPSA) is 79.2 Å². The summed E-state index contributed by atoms with van der Waals surface area (Å²) in [6.45, 7) is 8.13. The number of rotatable bonds is 1. The molecule has 0 amide bonds. The Morgan fingerprint density at radius 3 is 2.19 bits per heavy atom. The maximum atomic E-state index is 12.0. The van der Waals surface area contributed by atoms with Gasteiger partial charge in [0.05, 0.1) is 11.4 Å². The van der Waals surface area contributed by atoms with Crippen LogP contribution in [-0.2, 0) is 4.79 Å². The van der Waals surface area contributed by atoms with Crippen LogP contribution in [0.4, 0.5) is 0 Å². The van der Waals surface area contributed by atoms with Crippen LogP contribution in [0.5, 0.6) is 0 Å². The van der Waals surface area contributed by atoms with Crippen molar-refractivity contribution < 1.29 is 4.79 Å². The molecule has 1 aliphatic rings. The molecule has 1 fully saturated rings. The zero-order valence-corrected chi connectivity index (χ0v) is 10.2. The Morgan fingerprint density at radius 2 is 1.94 bits per heavy atom. The minimum absolute atomic E-state index is 0.0245. The van der Waals surface area contributed by atoms with Gasteiger partial charge in [-0.05, 0) is 34.6 Å². The normalized spacial score (nSPS) is 25.8. The molecule has 0 aromatic rings. The van der Waals surface area contributed by atoms with Crippen LogP contribution in [0.2, 0.25) is 0 Å². The molecule has 1 heterocycles. The Hall–Kier alpha value is -1.38. The van der Waals surface area contributed by atoms with Crippen molar-refractivity contribution in [2.45, 2.75) is 45.8 Å². The van der Waals surface area contributed by atoms with E-state index >= 15 is 0 Å². The Labute approximate surface area is 95.3 Å². The second-order valence-electron chi connectivity index (χ2n) is 4.96. The molecule has 1 N–H and O–H groups in total. The molecular weight excluding hydrogens is 206 g/mol. The summed E-state index contributed by atoms with van der Waals surface area (Å²) in [5, 5.41) is 24.8. The molecule has 1 rings (SSSR count). The lowest BCUT2D eigenvalue weighted by molar-refractivity contribution is -0.113. The van der Waals surface area contributed by atoms with Crippen molar-refractivity contribution in [3.8, 4) is 6.07 Å². The van der Waals surface area contributed by atoms with E-state index in [1.54, 1.807) is 27.7 Å². The highest BCUT2D eigenvalue weighted by atomic mass is 16.5. The Bertz CT molecular complexity index is 402. The average molecular weight is 222 g/mol. The molecule has 0 atom stereocenters. The van der Waals surface area contributed by atoms with Crippen LogP contribution in [0.3, 0.4) is 0 Å². The second kappa shape index (κ2) is 3.58. The first kappa shape index (κ1) is 12.7. The van der Waals surface area contributed by atoms with Crippen LogP contribution in [0.25, 0.3) is 0 Å². The number of nitrogens with one attached hydrogen (secondary N) is 1. The zero-order valence-electron chi connectivity index (χ0n) is 10.2. The quantitative estimate of drug-likeness (QED) is 0.534. The summed E-state index contributed by atoms with van der Waals surface area (Å²) in [6, 6.07) is 1.86. The summed E-state index contributed by atoms with van der Waals surface area (Å²) in [5.41, 5.74) is -1.27. The van der Waals surface area contributed by atoms with E-state index in [1.807, 2.05) is 6.07 Å². The molecule has 5 heteroatoms. The lowest BCUT2D eigenvalue weighted by Gasteiger charge is -2.44. The number of carbonyl (C=O) groups is 1. The van der Waals surface area contributed by atoms with Crippen LogP contribution >= 0.6 is 0 Å². The predicted molar refractivity (Wildman–Crippen MR) is 59.8 cm³/mol. The van der Waals surface area contributed by atoms with Gasteiger partial charge in [0.25, 0.3) is 0 Å². The van der Waals surface area contributed by atoms with Gasteiger partial charge in [-0.3, -0.25) is 4.79 Å². The van der Waals surface area contributed by atoms with Crippen molar-refractivity contribution in [2.75, 3.05) is 0 Å². The highest BCUT2D eigenvalue weighted by molar-refractivity contribution is 5.98. The van der Waals surface area contributed by atoms with Crippen LogP contribution in [0.15, 0.2) is 11.3 Å².